The number of aromatic nitrogens is 2. The zero-order valence-electron chi connectivity index (χ0n) is 24.9. The summed E-state index contributed by atoms with van der Waals surface area (Å²) in [6.07, 6.45) is -1.28. The molecule has 2 atom stereocenters. The van der Waals surface area contributed by atoms with Crippen LogP contribution in [0.3, 0.4) is 0 Å². The van der Waals surface area contributed by atoms with E-state index in [0.29, 0.717) is 40.6 Å². The van der Waals surface area contributed by atoms with Gasteiger partial charge in [-0.05, 0) is 66.9 Å². The molecule has 0 radical (unpaired) electrons. The van der Waals surface area contributed by atoms with Crippen LogP contribution in [0.25, 0.3) is 5.69 Å². The van der Waals surface area contributed by atoms with E-state index in [2.05, 4.69) is 18.5 Å². The molecule has 2 amide bonds. The van der Waals surface area contributed by atoms with E-state index in [1.54, 1.807) is 23.9 Å². The van der Waals surface area contributed by atoms with E-state index in [1.165, 1.54) is 47.2 Å². The van der Waals surface area contributed by atoms with Crippen molar-refractivity contribution in [3.63, 3.8) is 0 Å². The second-order valence-corrected chi connectivity index (χ2v) is 11.4. The molecule has 0 bridgehead atoms. The first-order valence-corrected chi connectivity index (χ1v) is 15.4. The smallest absolute Gasteiger partial charge is 0.339 e. The van der Waals surface area contributed by atoms with Crippen LogP contribution in [0.5, 0.6) is 0 Å². The minimum absolute atomic E-state index is 0.207. The largest absolute Gasteiger partial charge is 0.416 e. The summed E-state index contributed by atoms with van der Waals surface area (Å²) in [4.78, 5) is 29.4. The third kappa shape index (κ3) is 6.57. The number of anilines is 1. The Bertz CT molecular complexity index is 1740. The van der Waals surface area contributed by atoms with Crippen LogP contribution in [0.2, 0.25) is 0 Å². The number of hydrogen-bond acceptors (Lipinski definition) is 5. The maximum Gasteiger partial charge on any atom is 0.416 e. The van der Waals surface area contributed by atoms with E-state index >= 15 is 0 Å². The number of halogens is 4. The van der Waals surface area contributed by atoms with Gasteiger partial charge in [-0.15, -0.1) is 6.58 Å². The molecule has 1 aliphatic rings. The fourth-order valence-corrected chi connectivity index (χ4v) is 6.29. The topological polar surface area (TPSA) is 70.5 Å². The van der Waals surface area contributed by atoms with Crippen molar-refractivity contribution in [2.75, 3.05) is 18.0 Å². The fourth-order valence-electron chi connectivity index (χ4n) is 5.47. The molecule has 3 aromatic carbocycles. The number of fused-ring (bicyclic) bond motifs is 1. The lowest BCUT2D eigenvalue weighted by Crippen LogP contribution is -2.55. The Morgan fingerprint density at radius 2 is 1.78 bits per heavy atom. The van der Waals surface area contributed by atoms with Gasteiger partial charge in [0.2, 0.25) is 0 Å². The zero-order chi connectivity index (χ0) is 33.0. The van der Waals surface area contributed by atoms with E-state index in [4.69, 9.17) is 5.10 Å². The summed E-state index contributed by atoms with van der Waals surface area (Å²) in [5.74, 6) is -1.87. The second-order valence-electron chi connectivity index (χ2n) is 10.4. The van der Waals surface area contributed by atoms with Gasteiger partial charge in [0.25, 0.3) is 11.8 Å². The average Bonchev–Trinajstić information content (AvgIpc) is 3.42. The van der Waals surface area contributed by atoms with E-state index in [1.807, 2.05) is 34.6 Å². The van der Waals surface area contributed by atoms with Crippen LogP contribution >= 0.6 is 11.9 Å². The number of para-hydroxylation sites is 1. The van der Waals surface area contributed by atoms with E-state index in [-0.39, 0.29) is 12.1 Å². The molecule has 0 spiro atoms. The summed E-state index contributed by atoms with van der Waals surface area (Å²) in [5.41, 5.74) is 1.19. The normalized spacial score (nSPS) is 16.1. The highest BCUT2D eigenvalue weighted by molar-refractivity contribution is 7.96. The number of carbonyl (C=O) groups is 2. The summed E-state index contributed by atoms with van der Waals surface area (Å²) < 4.78 is 58.1. The summed E-state index contributed by atoms with van der Waals surface area (Å²) in [5, 5.41) is 7.70. The maximum absolute atomic E-state index is 14.3. The lowest BCUT2D eigenvalue weighted by molar-refractivity contribution is -0.137. The monoisotopic (exact) mass is 649 g/mol. The summed E-state index contributed by atoms with van der Waals surface area (Å²) >= 11 is 1.42. The van der Waals surface area contributed by atoms with Crippen LogP contribution in [0, 0.1) is 5.82 Å². The number of nitrogens with one attached hydrogen (secondary N) is 1. The van der Waals surface area contributed by atoms with Crippen LogP contribution in [0.15, 0.2) is 104 Å². The molecule has 12 heteroatoms. The second kappa shape index (κ2) is 13.7. The number of alkyl halides is 3. The van der Waals surface area contributed by atoms with Crippen molar-refractivity contribution in [3.8, 4) is 5.69 Å². The Balaban J connectivity index is 1.69. The Morgan fingerprint density at radius 3 is 2.41 bits per heavy atom. The van der Waals surface area contributed by atoms with Crippen LogP contribution in [0.1, 0.15) is 45.6 Å². The number of hydrogen-bond donors (Lipinski definition) is 1. The molecule has 1 aliphatic heterocycles. The van der Waals surface area contributed by atoms with E-state index in [0.717, 1.165) is 18.2 Å². The van der Waals surface area contributed by atoms with Crippen molar-refractivity contribution in [1.82, 2.24) is 19.4 Å². The van der Waals surface area contributed by atoms with Crippen LogP contribution < -0.4 is 10.2 Å². The molecule has 7 nitrogen and oxygen atoms in total. The van der Waals surface area contributed by atoms with Crippen LogP contribution in [-0.2, 0) is 16.7 Å². The van der Waals surface area contributed by atoms with Gasteiger partial charge in [0, 0.05) is 36.3 Å². The molecule has 1 aromatic heterocycles. The standard InChI is InChI=1S/C34H31F4N5O2S/c1-4-19-41(5-2)46-21-27-29-28(22-15-17-25(35)18-16-22)30(39-31(44)23-11-10-12-24(20-23)34(36,37)38)33(45)42(6-3)32(29)43(40-27)26-13-8-7-9-14-26/h4-5,7-18,20,28,30H,1-2,6,19,21H2,3H3,(H,39,44). The molecular weight excluding hydrogens is 618 g/mol. The van der Waals surface area contributed by atoms with Gasteiger partial charge in [0.05, 0.1) is 22.7 Å². The Morgan fingerprint density at radius 1 is 1.07 bits per heavy atom. The lowest BCUT2D eigenvalue weighted by atomic mass is 9.81. The minimum atomic E-state index is -4.66. The molecule has 4 aromatic rings. The first-order valence-electron chi connectivity index (χ1n) is 14.4. The molecule has 46 heavy (non-hydrogen) atoms. The van der Waals surface area contributed by atoms with Gasteiger partial charge in [-0.2, -0.15) is 18.3 Å². The number of benzene rings is 3. The number of nitrogens with zero attached hydrogens (tertiary/aromatic N) is 4. The predicted octanol–water partition coefficient (Wildman–Crippen LogP) is 7.11. The van der Waals surface area contributed by atoms with Gasteiger partial charge in [0.15, 0.2) is 0 Å². The first-order chi connectivity index (χ1) is 22.1. The number of amides is 2. The molecule has 5 rings (SSSR count). The Kier molecular flexibility index (Phi) is 9.66. The highest BCUT2D eigenvalue weighted by Crippen LogP contribution is 2.44. The zero-order valence-corrected chi connectivity index (χ0v) is 25.7. The Labute approximate surface area is 268 Å². The van der Waals surface area contributed by atoms with Crippen LogP contribution in [-0.4, -0.2) is 45.0 Å². The van der Waals surface area contributed by atoms with Crippen molar-refractivity contribution in [1.29, 1.82) is 0 Å². The highest BCUT2D eigenvalue weighted by Gasteiger charge is 2.46. The van der Waals surface area contributed by atoms with Gasteiger partial charge < -0.3 is 9.62 Å². The molecule has 1 N–H and O–H groups in total. The van der Waals surface area contributed by atoms with Crippen molar-refractivity contribution in [2.24, 2.45) is 0 Å². The highest BCUT2D eigenvalue weighted by atomic mass is 32.2. The number of likely N-dealkylation sites (N-methyl/N-ethyl adjacent to an activating group) is 1. The maximum atomic E-state index is 14.3. The molecule has 2 unspecified atom stereocenters. The van der Waals surface area contributed by atoms with Crippen molar-refractivity contribution in [2.45, 2.75) is 30.8 Å². The van der Waals surface area contributed by atoms with Gasteiger partial charge in [-0.25, -0.2) is 9.07 Å². The number of carbonyl (C=O) groups excluding carboxylic acids is 2. The molecule has 238 valence electrons. The van der Waals surface area contributed by atoms with Gasteiger partial charge in [-0.3, -0.25) is 14.5 Å². The van der Waals surface area contributed by atoms with Gasteiger partial charge >= 0.3 is 6.18 Å². The van der Waals surface area contributed by atoms with Crippen LogP contribution in [0.4, 0.5) is 23.4 Å². The molecule has 0 saturated carbocycles. The third-order valence-corrected chi connectivity index (χ3v) is 8.60. The fraction of sp³-hybridized carbons (Fsp3) is 0.206. The molecular formula is C34H31F4N5O2S. The molecule has 2 heterocycles. The molecule has 0 fully saturated rings. The SMILES string of the molecule is C=CCN(C=C)SCc1nn(-c2ccccc2)c2c1C(c1ccc(F)cc1)C(NC(=O)c1cccc(C(F)(F)F)c1)C(=O)N2CC. The van der Waals surface area contributed by atoms with Crippen molar-refractivity contribution >= 4 is 29.6 Å². The quantitative estimate of drug-likeness (QED) is 0.107. The molecule has 0 saturated heterocycles. The summed E-state index contributed by atoms with van der Waals surface area (Å²) in [6.45, 7) is 10.1. The summed E-state index contributed by atoms with van der Waals surface area (Å²) in [6, 6.07) is 17.6. The Hall–Kier alpha value is -4.84. The summed E-state index contributed by atoms with van der Waals surface area (Å²) in [7, 11) is 0. The van der Waals surface area contributed by atoms with Crippen molar-refractivity contribution < 1.29 is 27.2 Å². The average molecular weight is 650 g/mol. The minimum Gasteiger partial charge on any atom is -0.339 e. The van der Waals surface area contributed by atoms with E-state index in [9.17, 15) is 27.2 Å². The first kappa shape index (κ1) is 32.6. The van der Waals surface area contributed by atoms with Gasteiger partial charge in [0.1, 0.15) is 17.7 Å². The van der Waals surface area contributed by atoms with Crippen molar-refractivity contribution in [3.05, 3.63) is 138 Å². The molecule has 0 aliphatic carbocycles. The predicted molar refractivity (Wildman–Crippen MR) is 171 cm³/mol. The van der Waals surface area contributed by atoms with E-state index < -0.39 is 41.3 Å². The third-order valence-electron chi connectivity index (χ3n) is 7.57. The number of rotatable bonds is 11. The van der Waals surface area contributed by atoms with Gasteiger partial charge in [-0.1, -0.05) is 49.1 Å². The lowest BCUT2D eigenvalue weighted by Gasteiger charge is -2.38.